The van der Waals surface area contributed by atoms with Gasteiger partial charge in [0.2, 0.25) is 0 Å². The third-order valence-corrected chi connectivity index (χ3v) is 14.1. The summed E-state index contributed by atoms with van der Waals surface area (Å²) in [6.45, 7) is 0. The Morgan fingerprint density at radius 1 is 0.567 bits per heavy atom. The second-order valence-electron chi connectivity index (χ2n) is 9.89. The third kappa shape index (κ3) is 3.02. The molecular weight excluding hydrogens is 448 g/mol. The van der Waals surface area contributed by atoms with E-state index in [1.165, 1.54) is 53.2 Å². The van der Waals surface area contributed by atoms with Gasteiger partial charge in [-0.05, 0) is 118 Å². The summed E-state index contributed by atoms with van der Waals surface area (Å²) in [4.78, 5) is 4.12. The molecule has 4 fully saturated rings. The van der Waals surface area contributed by atoms with Crippen molar-refractivity contribution in [3.05, 3.63) is 90.5 Å². The average Bonchev–Trinajstić information content (AvgIpc) is 2.79. The van der Waals surface area contributed by atoms with Crippen LogP contribution in [0.25, 0.3) is 0 Å². The van der Waals surface area contributed by atoms with Crippen LogP contribution in [0.3, 0.4) is 0 Å². The molecule has 0 aliphatic heterocycles. The van der Waals surface area contributed by atoms with Gasteiger partial charge < -0.3 is 0 Å². The van der Waals surface area contributed by atoms with Crippen LogP contribution in [-0.2, 0) is 5.41 Å². The number of halogens is 1. The molecule has 0 spiro atoms. The minimum absolute atomic E-state index is 0.469. The van der Waals surface area contributed by atoms with Crippen molar-refractivity contribution in [2.75, 3.05) is 0 Å². The lowest BCUT2D eigenvalue weighted by Crippen LogP contribution is -2.48. The molecule has 4 bridgehead atoms. The molecule has 0 heterocycles. The molecule has 4 aliphatic carbocycles. The van der Waals surface area contributed by atoms with Gasteiger partial charge in [-0.2, -0.15) is 0 Å². The molecule has 0 radical (unpaired) electrons. The van der Waals surface area contributed by atoms with Gasteiger partial charge in [0.05, 0.1) is 0 Å². The van der Waals surface area contributed by atoms with Crippen LogP contribution in [0.5, 0.6) is 0 Å². The lowest BCUT2D eigenvalue weighted by molar-refractivity contribution is -0.00520. The van der Waals surface area contributed by atoms with Crippen molar-refractivity contribution in [3.8, 4) is 0 Å². The van der Waals surface area contributed by atoms with E-state index in [4.69, 9.17) is 0 Å². The molecule has 0 N–H and O–H groups in total. The molecule has 0 saturated heterocycles. The largest absolute Gasteiger partial charge is 0.101 e. The molecule has 3 aromatic rings. The highest BCUT2D eigenvalue weighted by molar-refractivity contribution is 9.58. The first kappa shape index (κ1) is 19.2. The normalized spacial score (nSPS) is 30.4. The second kappa shape index (κ2) is 7.28. The lowest BCUT2D eigenvalue weighted by Gasteiger charge is -2.57. The zero-order chi connectivity index (χ0) is 20.2. The molecule has 4 aliphatic rings. The molecule has 2 heteroatoms. The Morgan fingerprint density at radius 3 is 1.40 bits per heavy atom. The van der Waals surface area contributed by atoms with Gasteiger partial charge >= 0.3 is 0 Å². The van der Waals surface area contributed by atoms with Gasteiger partial charge in [0.25, 0.3) is 0 Å². The first-order valence-electron chi connectivity index (χ1n) is 11.4. The van der Waals surface area contributed by atoms with E-state index < -0.39 is 8.46 Å². The highest BCUT2D eigenvalue weighted by Crippen LogP contribution is 2.74. The van der Waals surface area contributed by atoms with Crippen LogP contribution in [0.1, 0.15) is 44.1 Å². The quantitative estimate of drug-likeness (QED) is 0.352. The van der Waals surface area contributed by atoms with E-state index in [-0.39, 0.29) is 0 Å². The fourth-order valence-corrected chi connectivity index (χ4v) is 11.4. The van der Waals surface area contributed by atoms with Crippen LogP contribution in [0.2, 0.25) is 0 Å². The van der Waals surface area contributed by atoms with Gasteiger partial charge in [0.15, 0.2) is 0 Å². The molecule has 0 nitrogen and oxygen atoms in total. The molecule has 4 saturated carbocycles. The van der Waals surface area contributed by atoms with Crippen LogP contribution in [0.4, 0.5) is 0 Å². The Balaban J connectivity index is 1.41. The number of benzene rings is 3. The van der Waals surface area contributed by atoms with Crippen LogP contribution >= 0.6 is 23.3 Å². The Hall–Kier alpha value is -1.51. The van der Waals surface area contributed by atoms with Crippen LogP contribution < -0.4 is 0 Å². The molecular formula is C28H29BrS. The molecule has 30 heavy (non-hydrogen) atoms. The fraction of sp³-hybridized carbons (Fsp3) is 0.357. The van der Waals surface area contributed by atoms with Crippen molar-refractivity contribution >= 4 is 23.3 Å². The summed E-state index contributed by atoms with van der Waals surface area (Å²) in [5, 5.41) is 0. The Morgan fingerprint density at radius 2 is 0.967 bits per heavy atom. The first-order valence-corrected chi connectivity index (χ1v) is 14.9. The standard InChI is InChI=1S/C28H29BrS/c29-30(25-7-3-1-4-8-25,26-9-5-2-6-10-26)27-13-11-24(12-14-27)28-18-21-15-22(19-28)17-23(16-21)20-28/h1-14,21-23H,15-20H2. The zero-order valence-corrected chi connectivity index (χ0v) is 19.7. The minimum atomic E-state index is -1.44. The summed E-state index contributed by atoms with van der Waals surface area (Å²) in [6.07, 6.45) is 8.82. The van der Waals surface area contributed by atoms with E-state index in [1.54, 1.807) is 5.56 Å². The van der Waals surface area contributed by atoms with Crippen molar-refractivity contribution in [2.24, 2.45) is 17.8 Å². The van der Waals surface area contributed by atoms with Crippen molar-refractivity contribution in [1.29, 1.82) is 0 Å². The maximum absolute atomic E-state index is 4.28. The van der Waals surface area contributed by atoms with E-state index >= 15 is 0 Å². The summed E-state index contributed by atoms with van der Waals surface area (Å²) in [5.41, 5.74) is 2.08. The molecule has 7 rings (SSSR count). The topological polar surface area (TPSA) is 0 Å². The maximum atomic E-state index is 4.28. The smallest absolute Gasteiger partial charge is 0.00785 e. The van der Waals surface area contributed by atoms with Gasteiger partial charge in [-0.3, -0.25) is 0 Å². The Labute approximate surface area is 189 Å². The van der Waals surface area contributed by atoms with Crippen molar-refractivity contribution in [1.82, 2.24) is 0 Å². The third-order valence-electron chi connectivity index (χ3n) is 7.97. The molecule has 3 aromatic carbocycles. The SMILES string of the molecule is BrS(c1ccccc1)(c1ccccc1)c1ccc(C23CC4CC(CC(C4)C2)C3)cc1. The average molecular weight is 478 g/mol. The van der Waals surface area contributed by atoms with Crippen molar-refractivity contribution < 1.29 is 0 Å². The van der Waals surface area contributed by atoms with Gasteiger partial charge in [-0.1, -0.05) is 48.5 Å². The molecule has 154 valence electrons. The second-order valence-corrected chi connectivity index (χ2v) is 15.3. The first-order chi connectivity index (χ1) is 14.7. The van der Waals surface area contributed by atoms with Gasteiger partial charge in [-0.25, -0.2) is 0 Å². The maximum Gasteiger partial charge on any atom is 0.00785 e. The van der Waals surface area contributed by atoms with Crippen molar-refractivity contribution in [2.45, 2.75) is 58.6 Å². The number of hydrogen-bond acceptors (Lipinski definition) is 0. The highest BCUT2D eigenvalue weighted by atomic mass is 79.9. The summed E-state index contributed by atoms with van der Waals surface area (Å²) in [7, 11) is -1.44. The summed E-state index contributed by atoms with van der Waals surface area (Å²) < 4.78 is 0. The Kier molecular flexibility index (Phi) is 4.66. The summed E-state index contributed by atoms with van der Waals surface area (Å²) >= 11 is 4.28. The Bertz CT molecular complexity index is 950. The molecule has 0 aromatic heterocycles. The van der Waals surface area contributed by atoms with Crippen LogP contribution in [0, 0.1) is 17.8 Å². The van der Waals surface area contributed by atoms with E-state index in [0.717, 1.165) is 17.8 Å². The van der Waals surface area contributed by atoms with Gasteiger partial charge in [0.1, 0.15) is 0 Å². The molecule has 0 amide bonds. The predicted octanol–water partition coefficient (Wildman–Crippen LogP) is 8.75. The van der Waals surface area contributed by atoms with E-state index in [2.05, 4.69) is 99.7 Å². The lowest BCUT2D eigenvalue weighted by atomic mass is 9.48. The van der Waals surface area contributed by atoms with E-state index in [1.807, 2.05) is 0 Å². The monoisotopic (exact) mass is 476 g/mol. The molecule has 0 atom stereocenters. The highest BCUT2D eigenvalue weighted by Gasteiger charge is 2.51. The minimum Gasteiger partial charge on any atom is -0.101 e. The molecule has 0 unspecified atom stereocenters. The summed E-state index contributed by atoms with van der Waals surface area (Å²) in [5.74, 6) is 2.97. The van der Waals surface area contributed by atoms with Crippen molar-refractivity contribution in [3.63, 3.8) is 0 Å². The van der Waals surface area contributed by atoms with Crippen LogP contribution in [0.15, 0.2) is 99.6 Å². The van der Waals surface area contributed by atoms with Gasteiger partial charge in [0, 0.05) is 14.7 Å². The number of rotatable bonds is 4. The zero-order valence-electron chi connectivity index (χ0n) is 17.3. The van der Waals surface area contributed by atoms with E-state index in [9.17, 15) is 0 Å². The fourth-order valence-electron chi connectivity index (χ4n) is 7.08. The van der Waals surface area contributed by atoms with Gasteiger partial charge in [-0.15, -0.1) is 8.46 Å². The number of hydrogen-bond donors (Lipinski definition) is 0. The summed E-state index contributed by atoms with van der Waals surface area (Å²) in [6, 6.07) is 31.7. The van der Waals surface area contributed by atoms with E-state index in [0.29, 0.717) is 5.41 Å². The predicted molar refractivity (Wildman–Crippen MR) is 130 cm³/mol. The van der Waals surface area contributed by atoms with Crippen LogP contribution in [-0.4, -0.2) is 0 Å².